The van der Waals surface area contributed by atoms with Crippen LogP contribution in [0.3, 0.4) is 0 Å². The van der Waals surface area contributed by atoms with Gasteiger partial charge in [0.25, 0.3) is 0 Å². The first-order valence-electron chi connectivity index (χ1n) is 17.3. The maximum absolute atomic E-state index is 12.7. The van der Waals surface area contributed by atoms with E-state index < -0.39 is 24.3 Å². The second-order valence-corrected chi connectivity index (χ2v) is 12.1. The molecule has 2 N–H and O–H groups in total. The van der Waals surface area contributed by atoms with E-state index >= 15 is 0 Å². The number of carbonyl (C=O) groups is 4. The summed E-state index contributed by atoms with van der Waals surface area (Å²) in [6, 6.07) is 25.7. The summed E-state index contributed by atoms with van der Waals surface area (Å²) in [5, 5.41) is 20.9. The lowest BCUT2D eigenvalue weighted by atomic mass is 10.0. The number of phenolic OH excluding ortho intramolecular Hbond substituents is 2. The quantitative estimate of drug-likeness (QED) is 0.0450. The van der Waals surface area contributed by atoms with Crippen molar-refractivity contribution in [1.29, 1.82) is 0 Å². The third-order valence-electron chi connectivity index (χ3n) is 7.40. The number of benzene rings is 4. The standard InChI is InChI=1S/C33H28O8.C10H18O4/c1-21(2)33(38)41-26(19-39-24-13-15-27(29(34)17-24)31(36)22-9-5-3-6-10-22)20-40-25-14-16-28(30(35)18-25)32(37)23-11-7-4-8-12-23;1-6-12-8(4)13-9(5)14-10(11)7(2)3/h3-18,26,34-35H,1,19-20H2,2H3;8-9H,2,6H2,1,3-5H3. The summed E-state index contributed by atoms with van der Waals surface area (Å²) in [5.74, 6) is -1.82. The van der Waals surface area contributed by atoms with Crippen LogP contribution in [-0.4, -0.2) is 72.2 Å². The minimum atomic E-state index is -0.903. The minimum absolute atomic E-state index is 0.117. The maximum Gasteiger partial charge on any atom is 0.335 e. The molecule has 290 valence electrons. The molecule has 4 rings (SSSR count). The molecule has 55 heavy (non-hydrogen) atoms. The van der Waals surface area contributed by atoms with Crippen LogP contribution in [0.1, 0.15) is 66.5 Å². The predicted octanol–water partition coefficient (Wildman–Crippen LogP) is 7.36. The van der Waals surface area contributed by atoms with Gasteiger partial charge >= 0.3 is 11.9 Å². The number of aromatic hydroxyl groups is 2. The van der Waals surface area contributed by atoms with Crippen molar-refractivity contribution in [2.24, 2.45) is 0 Å². The van der Waals surface area contributed by atoms with Crippen LogP contribution >= 0.6 is 0 Å². The van der Waals surface area contributed by atoms with Crippen molar-refractivity contribution in [3.05, 3.63) is 144 Å². The Morgan fingerprint density at radius 1 is 0.618 bits per heavy atom. The van der Waals surface area contributed by atoms with Gasteiger partial charge in [-0.2, -0.15) is 0 Å². The van der Waals surface area contributed by atoms with Gasteiger partial charge in [-0.1, -0.05) is 73.8 Å². The van der Waals surface area contributed by atoms with E-state index in [4.69, 9.17) is 28.4 Å². The summed E-state index contributed by atoms with van der Waals surface area (Å²) in [6.07, 6.45) is -1.91. The zero-order valence-electron chi connectivity index (χ0n) is 31.5. The zero-order chi connectivity index (χ0) is 40.5. The third-order valence-corrected chi connectivity index (χ3v) is 7.40. The molecule has 0 saturated carbocycles. The van der Waals surface area contributed by atoms with Gasteiger partial charge in [0.2, 0.25) is 6.29 Å². The van der Waals surface area contributed by atoms with Crippen molar-refractivity contribution in [1.82, 2.24) is 0 Å². The van der Waals surface area contributed by atoms with E-state index in [1.54, 1.807) is 81.4 Å². The highest BCUT2D eigenvalue weighted by molar-refractivity contribution is 6.11. The SMILES string of the molecule is C=C(C)C(=O)OC(C)OC(C)OCC.C=C(C)C(=O)OC(COc1ccc(C(=O)c2ccccc2)c(O)c1)COc1ccc(C(=O)c2ccccc2)c(O)c1. The van der Waals surface area contributed by atoms with Gasteiger partial charge in [0.1, 0.15) is 36.2 Å². The van der Waals surface area contributed by atoms with E-state index in [-0.39, 0.29) is 70.8 Å². The Kier molecular flexibility index (Phi) is 16.8. The van der Waals surface area contributed by atoms with Crippen molar-refractivity contribution in [3.63, 3.8) is 0 Å². The minimum Gasteiger partial charge on any atom is -0.507 e. The number of ketones is 2. The van der Waals surface area contributed by atoms with Crippen molar-refractivity contribution in [2.75, 3.05) is 19.8 Å². The second-order valence-electron chi connectivity index (χ2n) is 12.1. The molecule has 0 aliphatic heterocycles. The van der Waals surface area contributed by atoms with E-state index in [9.17, 15) is 29.4 Å². The third kappa shape index (κ3) is 13.9. The fourth-order valence-corrected chi connectivity index (χ4v) is 4.65. The zero-order valence-corrected chi connectivity index (χ0v) is 31.5. The van der Waals surface area contributed by atoms with Crippen LogP contribution in [0.25, 0.3) is 0 Å². The van der Waals surface area contributed by atoms with Crippen molar-refractivity contribution in [2.45, 2.75) is 53.3 Å². The molecule has 2 unspecified atom stereocenters. The number of hydrogen-bond donors (Lipinski definition) is 2. The molecule has 2 atom stereocenters. The maximum atomic E-state index is 12.7. The molecule has 0 radical (unpaired) electrons. The number of ether oxygens (including phenoxy) is 6. The average Bonchev–Trinajstić information content (AvgIpc) is 3.16. The molecule has 0 heterocycles. The normalized spacial score (nSPS) is 11.6. The molecule has 4 aromatic carbocycles. The number of carbonyl (C=O) groups excluding carboxylic acids is 4. The first-order valence-corrected chi connectivity index (χ1v) is 17.3. The van der Waals surface area contributed by atoms with E-state index in [1.165, 1.54) is 43.3 Å². The molecule has 0 saturated heterocycles. The van der Waals surface area contributed by atoms with Crippen LogP contribution < -0.4 is 9.47 Å². The summed E-state index contributed by atoms with van der Waals surface area (Å²) < 4.78 is 32.1. The number of esters is 2. The average molecular weight is 755 g/mol. The fourth-order valence-electron chi connectivity index (χ4n) is 4.65. The van der Waals surface area contributed by atoms with Gasteiger partial charge in [0, 0.05) is 41.0 Å². The summed E-state index contributed by atoms with van der Waals surface area (Å²) in [6.45, 7) is 15.6. The Morgan fingerprint density at radius 2 is 1.04 bits per heavy atom. The lowest BCUT2D eigenvalue weighted by molar-refractivity contribution is -0.225. The highest BCUT2D eigenvalue weighted by Crippen LogP contribution is 2.28. The number of phenols is 2. The molecule has 12 nitrogen and oxygen atoms in total. The van der Waals surface area contributed by atoms with Crippen LogP contribution in [0.5, 0.6) is 23.0 Å². The summed E-state index contributed by atoms with van der Waals surface area (Å²) in [4.78, 5) is 48.6. The Bertz CT molecular complexity index is 1830. The van der Waals surface area contributed by atoms with Crippen molar-refractivity contribution in [3.8, 4) is 23.0 Å². The molecule has 0 aromatic heterocycles. The summed E-state index contributed by atoms with van der Waals surface area (Å²) in [7, 11) is 0. The van der Waals surface area contributed by atoms with Gasteiger partial charge < -0.3 is 38.6 Å². The molecule has 0 fully saturated rings. The monoisotopic (exact) mass is 754 g/mol. The summed E-state index contributed by atoms with van der Waals surface area (Å²) >= 11 is 0. The van der Waals surface area contributed by atoms with Crippen molar-refractivity contribution >= 4 is 23.5 Å². The first kappa shape index (κ1) is 43.2. The van der Waals surface area contributed by atoms with Gasteiger partial charge in [0.15, 0.2) is 24.0 Å². The number of rotatable bonds is 18. The molecule has 0 aliphatic carbocycles. The molecule has 12 heteroatoms. The Labute approximate surface area is 320 Å². The van der Waals surface area contributed by atoms with Gasteiger partial charge in [-0.25, -0.2) is 9.59 Å². The van der Waals surface area contributed by atoms with E-state index in [2.05, 4.69) is 13.2 Å². The topological polar surface area (TPSA) is 164 Å². The molecular weight excluding hydrogens is 708 g/mol. The van der Waals surface area contributed by atoms with Gasteiger partial charge in [-0.05, 0) is 58.9 Å². The Hall–Kier alpha value is -6.24. The Balaban J connectivity index is 0.000000493. The van der Waals surface area contributed by atoms with E-state index in [0.29, 0.717) is 23.3 Å². The Morgan fingerprint density at radius 3 is 1.42 bits per heavy atom. The lowest BCUT2D eigenvalue weighted by Crippen LogP contribution is -2.31. The second kappa shape index (κ2) is 21.5. The van der Waals surface area contributed by atoms with Crippen LogP contribution in [0.15, 0.2) is 121 Å². The highest BCUT2D eigenvalue weighted by atomic mass is 16.8. The molecule has 0 bridgehead atoms. The molecular formula is C43H46O12. The summed E-state index contributed by atoms with van der Waals surface area (Å²) in [5.41, 5.74) is 1.63. The van der Waals surface area contributed by atoms with Crippen LogP contribution in [0, 0.1) is 0 Å². The smallest absolute Gasteiger partial charge is 0.335 e. The van der Waals surface area contributed by atoms with Crippen LogP contribution in [0.2, 0.25) is 0 Å². The van der Waals surface area contributed by atoms with Crippen LogP contribution in [0.4, 0.5) is 0 Å². The first-order chi connectivity index (χ1) is 26.2. The molecule has 0 aliphatic rings. The van der Waals surface area contributed by atoms with E-state index in [1.807, 2.05) is 6.92 Å². The van der Waals surface area contributed by atoms with Gasteiger partial charge in [-0.15, -0.1) is 0 Å². The van der Waals surface area contributed by atoms with E-state index in [0.717, 1.165) is 0 Å². The predicted molar refractivity (Wildman–Crippen MR) is 204 cm³/mol. The van der Waals surface area contributed by atoms with Crippen LogP contribution in [-0.2, 0) is 28.5 Å². The largest absolute Gasteiger partial charge is 0.507 e. The van der Waals surface area contributed by atoms with Crippen molar-refractivity contribution < 1.29 is 57.8 Å². The molecule has 0 spiro atoms. The molecule has 4 aromatic rings. The van der Waals surface area contributed by atoms with Gasteiger partial charge in [0.05, 0.1) is 11.1 Å². The number of hydrogen-bond acceptors (Lipinski definition) is 12. The fraction of sp³-hybridized carbons (Fsp3) is 0.256. The lowest BCUT2D eigenvalue weighted by Gasteiger charge is -2.20. The molecule has 0 amide bonds. The van der Waals surface area contributed by atoms with Gasteiger partial charge in [-0.3, -0.25) is 9.59 Å². The highest BCUT2D eigenvalue weighted by Gasteiger charge is 2.20.